The summed E-state index contributed by atoms with van der Waals surface area (Å²) in [6.07, 6.45) is 0. The van der Waals surface area contributed by atoms with Gasteiger partial charge in [0.15, 0.2) is 0 Å². The molecule has 0 atom stereocenters. The third-order valence-electron chi connectivity index (χ3n) is 3.51. The average Bonchev–Trinajstić information content (AvgIpc) is 2.57. The van der Waals surface area contributed by atoms with Crippen molar-refractivity contribution in [2.75, 3.05) is 16.0 Å². The number of carbonyl (C=O) groups excluding carboxylic acids is 1. The first kappa shape index (κ1) is 18.2. The predicted molar refractivity (Wildman–Crippen MR) is 100 cm³/mol. The first-order chi connectivity index (χ1) is 12.9. The summed E-state index contributed by atoms with van der Waals surface area (Å²) in [5, 5.41) is 8.35. The Morgan fingerprint density at radius 3 is 2.30 bits per heavy atom. The Balaban J connectivity index is 1.85. The highest BCUT2D eigenvalue weighted by Gasteiger charge is 2.11. The number of hydrogen-bond donors (Lipinski definition) is 3. The minimum absolute atomic E-state index is 0.0551. The standard InChI is InChI=1S/C19H17F2N5O/c1-11-9-17(24-14-6-3-5-13(10-14)23-12(2)27)25-19(22-11)26-18-15(20)7-4-8-16(18)21/h3-10H,1-2H3,(H,23,27)(H2,22,24,25,26). The summed E-state index contributed by atoms with van der Waals surface area (Å²) in [5.74, 6) is -1.17. The van der Waals surface area contributed by atoms with Gasteiger partial charge in [-0.2, -0.15) is 4.98 Å². The summed E-state index contributed by atoms with van der Waals surface area (Å²) in [7, 11) is 0. The van der Waals surface area contributed by atoms with E-state index in [4.69, 9.17) is 0 Å². The molecule has 27 heavy (non-hydrogen) atoms. The van der Waals surface area contributed by atoms with Crippen molar-refractivity contribution < 1.29 is 13.6 Å². The number of amides is 1. The Labute approximate surface area is 154 Å². The molecule has 0 saturated heterocycles. The second-order valence-corrected chi connectivity index (χ2v) is 5.83. The zero-order valence-electron chi connectivity index (χ0n) is 14.7. The molecule has 0 spiro atoms. The number of rotatable bonds is 5. The molecular weight excluding hydrogens is 352 g/mol. The zero-order chi connectivity index (χ0) is 19.4. The number of aryl methyl sites for hydroxylation is 1. The number of hydrogen-bond acceptors (Lipinski definition) is 5. The largest absolute Gasteiger partial charge is 0.340 e. The molecule has 0 aliphatic heterocycles. The average molecular weight is 369 g/mol. The Hall–Kier alpha value is -3.55. The summed E-state index contributed by atoms with van der Waals surface area (Å²) in [6.45, 7) is 3.16. The van der Waals surface area contributed by atoms with E-state index >= 15 is 0 Å². The fourth-order valence-corrected chi connectivity index (χ4v) is 2.44. The number of anilines is 5. The molecule has 3 aromatic rings. The second-order valence-electron chi connectivity index (χ2n) is 5.83. The maximum absolute atomic E-state index is 13.8. The third-order valence-corrected chi connectivity index (χ3v) is 3.51. The van der Waals surface area contributed by atoms with Gasteiger partial charge in [-0.15, -0.1) is 0 Å². The highest BCUT2D eigenvalue weighted by atomic mass is 19.1. The Morgan fingerprint density at radius 2 is 1.59 bits per heavy atom. The molecule has 6 nitrogen and oxygen atoms in total. The van der Waals surface area contributed by atoms with Gasteiger partial charge in [0.2, 0.25) is 11.9 Å². The molecule has 1 aromatic heterocycles. The summed E-state index contributed by atoms with van der Waals surface area (Å²) in [6, 6.07) is 12.3. The number of para-hydroxylation sites is 1. The van der Waals surface area contributed by atoms with Crippen LogP contribution in [-0.4, -0.2) is 15.9 Å². The highest BCUT2D eigenvalue weighted by Crippen LogP contribution is 2.24. The summed E-state index contributed by atoms with van der Waals surface area (Å²) < 4.78 is 27.6. The number of nitrogens with one attached hydrogen (secondary N) is 3. The van der Waals surface area contributed by atoms with Gasteiger partial charge in [-0.1, -0.05) is 12.1 Å². The van der Waals surface area contributed by atoms with Crippen LogP contribution in [0.15, 0.2) is 48.5 Å². The second kappa shape index (κ2) is 7.77. The lowest BCUT2D eigenvalue weighted by Gasteiger charge is -2.12. The van der Waals surface area contributed by atoms with Crippen molar-refractivity contribution in [1.82, 2.24) is 9.97 Å². The minimum atomic E-state index is -0.738. The van der Waals surface area contributed by atoms with E-state index in [0.717, 1.165) is 12.1 Å². The van der Waals surface area contributed by atoms with Crippen LogP contribution in [0.1, 0.15) is 12.6 Å². The Morgan fingerprint density at radius 1 is 0.926 bits per heavy atom. The van der Waals surface area contributed by atoms with E-state index < -0.39 is 11.6 Å². The van der Waals surface area contributed by atoms with Gasteiger partial charge in [-0.3, -0.25) is 4.79 Å². The fourth-order valence-electron chi connectivity index (χ4n) is 2.44. The number of benzene rings is 2. The first-order valence-electron chi connectivity index (χ1n) is 8.12. The molecule has 0 radical (unpaired) electrons. The lowest BCUT2D eigenvalue weighted by Crippen LogP contribution is -2.06. The minimum Gasteiger partial charge on any atom is -0.340 e. The van der Waals surface area contributed by atoms with Crippen molar-refractivity contribution >= 4 is 34.7 Å². The molecule has 2 aromatic carbocycles. The van der Waals surface area contributed by atoms with Gasteiger partial charge in [0.1, 0.15) is 23.1 Å². The predicted octanol–water partition coefficient (Wildman–Crippen LogP) is 4.51. The van der Waals surface area contributed by atoms with Gasteiger partial charge in [-0.25, -0.2) is 13.8 Å². The number of halogens is 2. The van der Waals surface area contributed by atoms with E-state index in [1.165, 1.54) is 13.0 Å². The number of aromatic nitrogens is 2. The highest BCUT2D eigenvalue weighted by molar-refractivity contribution is 5.89. The number of nitrogens with zero attached hydrogens (tertiary/aromatic N) is 2. The molecule has 0 unspecified atom stereocenters. The van der Waals surface area contributed by atoms with Crippen molar-refractivity contribution in [3.05, 3.63) is 65.9 Å². The van der Waals surface area contributed by atoms with Gasteiger partial charge >= 0.3 is 0 Å². The van der Waals surface area contributed by atoms with E-state index in [1.54, 1.807) is 37.3 Å². The van der Waals surface area contributed by atoms with Crippen LogP contribution in [0, 0.1) is 18.6 Å². The molecule has 8 heteroatoms. The SMILES string of the molecule is CC(=O)Nc1cccc(Nc2cc(C)nc(Nc3c(F)cccc3F)n2)c1. The quantitative estimate of drug-likeness (QED) is 0.617. The van der Waals surface area contributed by atoms with Crippen molar-refractivity contribution in [2.24, 2.45) is 0 Å². The molecule has 1 heterocycles. The molecule has 0 aliphatic rings. The van der Waals surface area contributed by atoms with Crippen LogP contribution in [0.4, 0.5) is 37.6 Å². The zero-order valence-corrected chi connectivity index (χ0v) is 14.7. The van der Waals surface area contributed by atoms with Crippen LogP contribution < -0.4 is 16.0 Å². The van der Waals surface area contributed by atoms with E-state index in [0.29, 0.717) is 22.9 Å². The number of carbonyl (C=O) groups is 1. The molecule has 138 valence electrons. The topological polar surface area (TPSA) is 78.9 Å². The van der Waals surface area contributed by atoms with Gasteiger partial charge in [0.05, 0.1) is 0 Å². The van der Waals surface area contributed by atoms with E-state index in [9.17, 15) is 13.6 Å². The summed E-state index contributed by atoms with van der Waals surface area (Å²) in [4.78, 5) is 19.6. The van der Waals surface area contributed by atoms with E-state index in [-0.39, 0.29) is 17.5 Å². The van der Waals surface area contributed by atoms with Crippen molar-refractivity contribution in [2.45, 2.75) is 13.8 Å². The van der Waals surface area contributed by atoms with Gasteiger partial charge < -0.3 is 16.0 Å². The lowest BCUT2D eigenvalue weighted by atomic mass is 10.2. The molecule has 3 rings (SSSR count). The molecule has 0 bridgehead atoms. The molecule has 0 aliphatic carbocycles. The van der Waals surface area contributed by atoms with Crippen molar-refractivity contribution in [1.29, 1.82) is 0 Å². The Bertz CT molecular complexity index is 973. The van der Waals surface area contributed by atoms with Gasteiger partial charge in [0, 0.05) is 30.1 Å². The first-order valence-corrected chi connectivity index (χ1v) is 8.12. The fraction of sp³-hybridized carbons (Fsp3) is 0.105. The molecule has 1 amide bonds. The molecular formula is C19H17F2N5O. The van der Waals surface area contributed by atoms with Crippen LogP contribution in [0.5, 0.6) is 0 Å². The normalized spacial score (nSPS) is 10.4. The van der Waals surface area contributed by atoms with Crippen molar-refractivity contribution in [3.8, 4) is 0 Å². The van der Waals surface area contributed by atoms with E-state index in [1.807, 2.05) is 0 Å². The van der Waals surface area contributed by atoms with Crippen LogP contribution in [-0.2, 0) is 4.79 Å². The lowest BCUT2D eigenvalue weighted by molar-refractivity contribution is -0.114. The smallest absolute Gasteiger partial charge is 0.229 e. The van der Waals surface area contributed by atoms with Crippen molar-refractivity contribution in [3.63, 3.8) is 0 Å². The van der Waals surface area contributed by atoms with Crippen LogP contribution in [0.25, 0.3) is 0 Å². The van der Waals surface area contributed by atoms with Gasteiger partial charge in [-0.05, 0) is 37.3 Å². The molecule has 0 fully saturated rings. The molecule has 0 saturated carbocycles. The third kappa shape index (κ3) is 4.75. The van der Waals surface area contributed by atoms with Gasteiger partial charge in [0.25, 0.3) is 0 Å². The van der Waals surface area contributed by atoms with E-state index in [2.05, 4.69) is 25.9 Å². The Kier molecular flexibility index (Phi) is 5.25. The summed E-state index contributed by atoms with van der Waals surface area (Å²) >= 11 is 0. The van der Waals surface area contributed by atoms with Crippen LogP contribution in [0.2, 0.25) is 0 Å². The maximum atomic E-state index is 13.8. The van der Waals surface area contributed by atoms with Crippen LogP contribution >= 0.6 is 0 Å². The maximum Gasteiger partial charge on any atom is 0.229 e. The monoisotopic (exact) mass is 369 g/mol. The summed E-state index contributed by atoms with van der Waals surface area (Å²) in [5.41, 5.74) is 1.60. The molecule has 3 N–H and O–H groups in total. The van der Waals surface area contributed by atoms with Crippen LogP contribution in [0.3, 0.4) is 0 Å².